The van der Waals surface area contributed by atoms with Gasteiger partial charge in [0.2, 0.25) is 0 Å². The van der Waals surface area contributed by atoms with Crippen molar-refractivity contribution >= 4 is 5.82 Å². The van der Waals surface area contributed by atoms with Crippen LogP contribution >= 0.6 is 0 Å². The number of hydrogen-bond acceptors (Lipinski definition) is 3. The zero-order chi connectivity index (χ0) is 15.4. The maximum Gasteiger partial charge on any atom is 0.141 e. The number of pyridine rings is 1. The second-order valence-corrected chi connectivity index (χ2v) is 6.61. The molecule has 2 atom stereocenters. The molecular weight excluding hydrogens is 265 g/mol. The molecule has 21 heavy (non-hydrogen) atoms. The summed E-state index contributed by atoms with van der Waals surface area (Å²) in [5.41, 5.74) is 0.948. The molecule has 1 saturated carbocycles. The average molecular weight is 293 g/mol. The maximum atomic E-state index is 13.5. The summed E-state index contributed by atoms with van der Waals surface area (Å²) in [6.07, 6.45) is 6.41. The van der Waals surface area contributed by atoms with E-state index in [-0.39, 0.29) is 5.82 Å². The van der Waals surface area contributed by atoms with E-state index in [9.17, 15) is 4.39 Å². The van der Waals surface area contributed by atoms with Crippen LogP contribution in [-0.2, 0) is 6.54 Å². The SMILES string of the molecule is CC(C)NCc1cc(F)cnc1N(C)C1CCCCC1C. The van der Waals surface area contributed by atoms with Crippen molar-refractivity contribution in [2.45, 2.75) is 65.1 Å². The van der Waals surface area contributed by atoms with E-state index in [1.54, 1.807) is 6.07 Å². The Kier molecular flexibility index (Phi) is 5.57. The summed E-state index contributed by atoms with van der Waals surface area (Å²) in [6.45, 7) is 7.16. The van der Waals surface area contributed by atoms with Gasteiger partial charge in [-0.2, -0.15) is 0 Å². The van der Waals surface area contributed by atoms with E-state index in [0.29, 0.717) is 24.5 Å². The second kappa shape index (κ2) is 7.21. The van der Waals surface area contributed by atoms with Crippen molar-refractivity contribution < 1.29 is 4.39 Å². The summed E-state index contributed by atoms with van der Waals surface area (Å²) in [6, 6.07) is 2.50. The quantitative estimate of drug-likeness (QED) is 0.896. The summed E-state index contributed by atoms with van der Waals surface area (Å²) >= 11 is 0. The van der Waals surface area contributed by atoms with E-state index in [2.05, 4.69) is 43.0 Å². The lowest BCUT2D eigenvalue weighted by atomic mass is 9.85. The number of anilines is 1. The van der Waals surface area contributed by atoms with Crippen molar-refractivity contribution in [2.75, 3.05) is 11.9 Å². The largest absolute Gasteiger partial charge is 0.356 e. The molecule has 1 aliphatic rings. The molecule has 1 heterocycles. The molecule has 0 amide bonds. The van der Waals surface area contributed by atoms with Gasteiger partial charge in [0.1, 0.15) is 11.6 Å². The van der Waals surface area contributed by atoms with Gasteiger partial charge in [0.15, 0.2) is 0 Å². The smallest absolute Gasteiger partial charge is 0.141 e. The van der Waals surface area contributed by atoms with Gasteiger partial charge in [-0.05, 0) is 24.8 Å². The van der Waals surface area contributed by atoms with Crippen LogP contribution in [0.4, 0.5) is 10.2 Å². The van der Waals surface area contributed by atoms with E-state index < -0.39 is 0 Å². The number of aromatic nitrogens is 1. The van der Waals surface area contributed by atoms with E-state index >= 15 is 0 Å². The Hall–Kier alpha value is -1.16. The Morgan fingerprint density at radius 1 is 1.38 bits per heavy atom. The molecule has 0 saturated heterocycles. The highest BCUT2D eigenvalue weighted by Gasteiger charge is 2.27. The van der Waals surface area contributed by atoms with Crippen LogP contribution in [0, 0.1) is 11.7 Å². The summed E-state index contributed by atoms with van der Waals surface area (Å²) < 4.78 is 13.5. The molecule has 1 aromatic rings. The van der Waals surface area contributed by atoms with Gasteiger partial charge >= 0.3 is 0 Å². The van der Waals surface area contributed by atoms with Gasteiger partial charge in [0.05, 0.1) is 6.20 Å². The monoisotopic (exact) mass is 293 g/mol. The lowest BCUT2D eigenvalue weighted by Gasteiger charge is -2.37. The summed E-state index contributed by atoms with van der Waals surface area (Å²) in [7, 11) is 2.10. The van der Waals surface area contributed by atoms with Crippen LogP contribution < -0.4 is 10.2 Å². The number of rotatable bonds is 5. The molecular formula is C17H28FN3. The van der Waals surface area contributed by atoms with Crippen LogP contribution in [-0.4, -0.2) is 24.1 Å². The molecule has 118 valence electrons. The summed E-state index contributed by atoms with van der Waals surface area (Å²) in [5.74, 6) is 1.33. The zero-order valence-electron chi connectivity index (χ0n) is 13.7. The molecule has 1 fully saturated rings. The van der Waals surface area contributed by atoms with Crippen LogP contribution in [0.25, 0.3) is 0 Å². The van der Waals surface area contributed by atoms with Crippen molar-refractivity contribution in [3.05, 3.63) is 23.6 Å². The number of nitrogens with one attached hydrogen (secondary N) is 1. The molecule has 1 N–H and O–H groups in total. The first-order chi connectivity index (χ1) is 9.99. The predicted molar refractivity (Wildman–Crippen MR) is 86.0 cm³/mol. The van der Waals surface area contributed by atoms with Gasteiger partial charge in [0.25, 0.3) is 0 Å². The lowest BCUT2D eigenvalue weighted by Crippen LogP contribution is -2.40. The Morgan fingerprint density at radius 2 is 2.10 bits per heavy atom. The van der Waals surface area contributed by atoms with Crippen LogP contribution in [0.3, 0.4) is 0 Å². The Balaban J connectivity index is 2.20. The molecule has 2 rings (SSSR count). The van der Waals surface area contributed by atoms with Crippen molar-refractivity contribution in [3.8, 4) is 0 Å². The van der Waals surface area contributed by atoms with Crippen LogP contribution in [0.5, 0.6) is 0 Å². The van der Waals surface area contributed by atoms with E-state index in [1.807, 2.05) is 0 Å². The molecule has 0 spiro atoms. The molecule has 0 aromatic carbocycles. The second-order valence-electron chi connectivity index (χ2n) is 6.61. The summed E-state index contributed by atoms with van der Waals surface area (Å²) in [4.78, 5) is 6.64. The number of halogens is 1. The predicted octanol–water partition coefficient (Wildman–Crippen LogP) is 3.73. The fourth-order valence-corrected chi connectivity index (χ4v) is 3.26. The molecule has 0 radical (unpaired) electrons. The van der Waals surface area contributed by atoms with Gasteiger partial charge in [-0.25, -0.2) is 9.37 Å². The first-order valence-corrected chi connectivity index (χ1v) is 8.09. The van der Waals surface area contributed by atoms with Crippen LogP contribution in [0.2, 0.25) is 0 Å². The molecule has 4 heteroatoms. The Labute approximate surface area is 127 Å². The zero-order valence-corrected chi connectivity index (χ0v) is 13.7. The molecule has 1 aromatic heterocycles. The average Bonchev–Trinajstić information content (AvgIpc) is 2.45. The highest BCUT2D eigenvalue weighted by Crippen LogP contribution is 2.31. The summed E-state index contributed by atoms with van der Waals surface area (Å²) in [5, 5.41) is 3.37. The topological polar surface area (TPSA) is 28.2 Å². The third-order valence-corrected chi connectivity index (χ3v) is 4.51. The minimum Gasteiger partial charge on any atom is -0.356 e. The van der Waals surface area contributed by atoms with Crippen LogP contribution in [0.1, 0.15) is 52.0 Å². The van der Waals surface area contributed by atoms with Gasteiger partial charge in [0, 0.05) is 31.2 Å². The van der Waals surface area contributed by atoms with Gasteiger partial charge in [-0.1, -0.05) is 33.6 Å². The van der Waals surface area contributed by atoms with Gasteiger partial charge < -0.3 is 10.2 Å². The first-order valence-electron chi connectivity index (χ1n) is 8.09. The highest BCUT2D eigenvalue weighted by molar-refractivity contribution is 5.47. The molecule has 0 aliphatic heterocycles. The van der Waals surface area contributed by atoms with Crippen molar-refractivity contribution in [1.82, 2.24) is 10.3 Å². The number of nitrogens with zero attached hydrogens (tertiary/aromatic N) is 2. The fourth-order valence-electron chi connectivity index (χ4n) is 3.26. The standard InChI is InChI=1S/C17H28FN3/c1-12(2)19-10-14-9-15(18)11-20-17(14)21(4)16-8-6-5-7-13(16)3/h9,11-13,16,19H,5-8,10H2,1-4H3. The van der Waals surface area contributed by atoms with Crippen molar-refractivity contribution in [2.24, 2.45) is 5.92 Å². The van der Waals surface area contributed by atoms with Gasteiger partial charge in [-0.3, -0.25) is 0 Å². The fraction of sp³-hybridized carbons (Fsp3) is 0.706. The van der Waals surface area contributed by atoms with E-state index in [1.165, 1.54) is 31.9 Å². The Bertz CT molecular complexity index is 461. The molecule has 3 nitrogen and oxygen atoms in total. The molecule has 1 aliphatic carbocycles. The highest BCUT2D eigenvalue weighted by atomic mass is 19.1. The van der Waals surface area contributed by atoms with Gasteiger partial charge in [-0.15, -0.1) is 0 Å². The minimum absolute atomic E-state index is 0.260. The molecule has 2 unspecified atom stereocenters. The lowest BCUT2D eigenvalue weighted by molar-refractivity contribution is 0.320. The van der Waals surface area contributed by atoms with Crippen molar-refractivity contribution in [3.63, 3.8) is 0 Å². The molecule has 0 bridgehead atoms. The van der Waals surface area contributed by atoms with Crippen molar-refractivity contribution in [1.29, 1.82) is 0 Å². The first kappa shape index (κ1) is 16.2. The van der Waals surface area contributed by atoms with E-state index in [0.717, 1.165) is 11.4 Å². The maximum absolute atomic E-state index is 13.5. The third-order valence-electron chi connectivity index (χ3n) is 4.51. The van der Waals surface area contributed by atoms with Crippen LogP contribution in [0.15, 0.2) is 12.3 Å². The number of hydrogen-bond donors (Lipinski definition) is 1. The minimum atomic E-state index is -0.260. The Morgan fingerprint density at radius 3 is 2.76 bits per heavy atom. The third kappa shape index (κ3) is 4.16. The van der Waals surface area contributed by atoms with E-state index in [4.69, 9.17) is 0 Å². The normalized spacial score (nSPS) is 22.6.